The Morgan fingerprint density at radius 2 is 1.88 bits per heavy atom. The van der Waals surface area contributed by atoms with E-state index >= 15 is 0 Å². The highest BCUT2D eigenvalue weighted by molar-refractivity contribution is 6.05. The summed E-state index contributed by atoms with van der Waals surface area (Å²) in [6.45, 7) is 5.11. The van der Waals surface area contributed by atoms with Gasteiger partial charge < -0.3 is 14.4 Å². The predicted octanol–water partition coefficient (Wildman–Crippen LogP) is 2.25. The Kier molecular flexibility index (Phi) is 6.38. The number of carbonyl (C=O) groups is 3. The topological polar surface area (TPSA) is 88.2 Å². The van der Waals surface area contributed by atoms with E-state index < -0.39 is 6.04 Å². The van der Waals surface area contributed by atoms with E-state index in [2.05, 4.69) is 10.2 Å². The molecular formula is C25H33N3O5. The molecule has 3 aliphatic heterocycles. The second kappa shape index (κ2) is 9.43. The molecule has 1 aromatic carbocycles. The Labute approximate surface area is 194 Å². The van der Waals surface area contributed by atoms with Gasteiger partial charge in [-0.15, -0.1) is 0 Å². The van der Waals surface area contributed by atoms with Crippen molar-refractivity contribution in [1.82, 2.24) is 15.1 Å². The van der Waals surface area contributed by atoms with Crippen LogP contribution in [0, 0.1) is 0 Å². The summed E-state index contributed by atoms with van der Waals surface area (Å²) < 4.78 is 12.3. The van der Waals surface area contributed by atoms with Gasteiger partial charge in [0.05, 0.1) is 6.10 Å². The SMILES string of the molecule is CCOC1CN(C2CCCCC[C@@H]2Oc2ccc3c(c2)CN(C2CCC(=O)NC2=O)C3=O)C1. The van der Waals surface area contributed by atoms with Gasteiger partial charge in [-0.2, -0.15) is 0 Å². The molecule has 1 aromatic rings. The maximum Gasteiger partial charge on any atom is 0.255 e. The van der Waals surface area contributed by atoms with Crippen LogP contribution in [0.3, 0.4) is 0 Å². The van der Waals surface area contributed by atoms with Crippen LogP contribution >= 0.6 is 0 Å². The zero-order valence-corrected chi connectivity index (χ0v) is 19.3. The zero-order chi connectivity index (χ0) is 22.9. The molecule has 8 nitrogen and oxygen atoms in total. The number of nitrogens with zero attached hydrogens (tertiary/aromatic N) is 2. The molecule has 0 aromatic heterocycles. The van der Waals surface area contributed by atoms with Gasteiger partial charge in [0, 0.05) is 44.3 Å². The molecule has 0 spiro atoms. The highest BCUT2D eigenvalue weighted by atomic mass is 16.5. The van der Waals surface area contributed by atoms with E-state index in [1.807, 2.05) is 25.1 Å². The number of rotatable bonds is 6. The summed E-state index contributed by atoms with van der Waals surface area (Å²) in [7, 11) is 0. The number of piperidine rings is 1. The molecule has 5 rings (SSSR count). The number of carbonyl (C=O) groups excluding carboxylic acids is 3. The average molecular weight is 456 g/mol. The van der Waals surface area contributed by atoms with E-state index in [1.165, 1.54) is 12.8 Å². The monoisotopic (exact) mass is 455 g/mol. The van der Waals surface area contributed by atoms with E-state index in [9.17, 15) is 14.4 Å². The molecule has 3 atom stereocenters. The Bertz CT molecular complexity index is 929. The Morgan fingerprint density at radius 1 is 1.06 bits per heavy atom. The van der Waals surface area contributed by atoms with E-state index in [-0.39, 0.29) is 30.2 Å². The molecule has 33 heavy (non-hydrogen) atoms. The number of nitrogens with one attached hydrogen (secondary N) is 1. The first-order chi connectivity index (χ1) is 16.0. The maximum atomic E-state index is 12.9. The van der Waals surface area contributed by atoms with E-state index in [0.29, 0.717) is 30.7 Å². The van der Waals surface area contributed by atoms with Gasteiger partial charge in [-0.3, -0.25) is 24.6 Å². The maximum absolute atomic E-state index is 12.9. The number of benzene rings is 1. The van der Waals surface area contributed by atoms with Crippen molar-refractivity contribution in [3.8, 4) is 5.75 Å². The van der Waals surface area contributed by atoms with Crippen LogP contribution in [0.25, 0.3) is 0 Å². The van der Waals surface area contributed by atoms with E-state index in [1.54, 1.807) is 4.90 Å². The van der Waals surface area contributed by atoms with Crippen molar-refractivity contribution in [3.63, 3.8) is 0 Å². The highest BCUT2D eigenvalue weighted by Gasteiger charge is 2.40. The van der Waals surface area contributed by atoms with Crippen molar-refractivity contribution in [2.45, 2.75) is 82.7 Å². The third-order valence-electron chi connectivity index (χ3n) is 7.45. The van der Waals surface area contributed by atoms with Crippen LogP contribution in [-0.2, 0) is 20.9 Å². The summed E-state index contributed by atoms with van der Waals surface area (Å²) >= 11 is 0. The van der Waals surface area contributed by atoms with Gasteiger partial charge in [0.25, 0.3) is 5.91 Å². The Balaban J connectivity index is 1.27. The molecule has 0 bridgehead atoms. The highest BCUT2D eigenvalue weighted by Crippen LogP contribution is 2.33. The van der Waals surface area contributed by atoms with Crippen LogP contribution in [0.15, 0.2) is 18.2 Å². The van der Waals surface area contributed by atoms with Crippen LogP contribution in [0.1, 0.15) is 67.8 Å². The molecule has 2 saturated heterocycles. The van der Waals surface area contributed by atoms with Crippen LogP contribution in [-0.4, -0.2) is 71.5 Å². The zero-order valence-electron chi connectivity index (χ0n) is 19.3. The summed E-state index contributed by atoms with van der Waals surface area (Å²) in [4.78, 5) is 40.8. The van der Waals surface area contributed by atoms with Crippen LogP contribution < -0.4 is 10.1 Å². The standard InChI is InChI=1S/C25H33N3O5/c1-2-32-18-14-27(15-18)20-6-4-3-5-7-22(20)33-17-8-9-19-16(12-17)13-28(25(19)31)21-10-11-23(29)26-24(21)30/h8-9,12,18,20-22H,2-7,10-11,13-15H2,1H3,(H,26,29,30)/t20?,21?,22-/m0/s1. The molecule has 3 amide bonds. The van der Waals surface area contributed by atoms with Crippen molar-refractivity contribution >= 4 is 17.7 Å². The third-order valence-corrected chi connectivity index (χ3v) is 7.45. The lowest BCUT2D eigenvalue weighted by Gasteiger charge is -2.46. The fraction of sp³-hybridized carbons (Fsp3) is 0.640. The molecular weight excluding hydrogens is 422 g/mol. The van der Waals surface area contributed by atoms with Crippen molar-refractivity contribution in [3.05, 3.63) is 29.3 Å². The first kappa shape index (κ1) is 22.3. The number of hydrogen-bond donors (Lipinski definition) is 1. The number of ether oxygens (including phenoxy) is 2. The summed E-state index contributed by atoms with van der Waals surface area (Å²) in [6, 6.07) is 5.45. The van der Waals surface area contributed by atoms with Crippen LogP contribution in [0.2, 0.25) is 0 Å². The van der Waals surface area contributed by atoms with Crippen molar-refractivity contribution in [1.29, 1.82) is 0 Å². The fourth-order valence-electron chi connectivity index (χ4n) is 5.69. The number of amides is 3. The smallest absolute Gasteiger partial charge is 0.255 e. The Morgan fingerprint density at radius 3 is 2.67 bits per heavy atom. The van der Waals surface area contributed by atoms with E-state index in [0.717, 1.165) is 50.3 Å². The lowest BCUT2D eigenvalue weighted by molar-refractivity contribution is -0.136. The number of imide groups is 1. The largest absolute Gasteiger partial charge is 0.489 e. The summed E-state index contributed by atoms with van der Waals surface area (Å²) in [5.41, 5.74) is 1.50. The lowest BCUT2D eigenvalue weighted by Crippen LogP contribution is -2.60. The summed E-state index contributed by atoms with van der Waals surface area (Å²) in [5.74, 6) is -0.0275. The molecule has 4 aliphatic rings. The first-order valence-electron chi connectivity index (χ1n) is 12.3. The van der Waals surface area contributed by atoms with Crippen molar-refractivity contribution < 1.29 is 23.9 Å². The molecule has 3 fully saturated rings. The van der Waals surface area contributed by atoms with Gasteiger partial charge in [-0.05, 0) is 56.4 Å². The third kappa shape index (κ3) is 4.51. The summed E-state index contributed by atoms with van der Waals surface area (Å²) in [5, 5.41) is 2.35. The minimum atomic E-state index is -0.595. The number of hydrogen-bond acceptors (Lipinski definition) is 6. The molecule has 3 heterocycles. The van der Waals surface area contributed by atoms with E-state index in [4.69, 9.17) is 9.47 Å². The number of likely N-dealkylation sites (tertiary alicyclic amines) is 1. The number of fused-ring (bicyclic) bond motifs is 1. The lowest BCUT2D eigenvalue weighted by atomic mass is 9.98. The van der Waals surface area contributed by atoms with Gasteiger partial charge in [-0.1, -0.05) is 12.8 Å². The van der Waals surface area contributed by atoms with Crippen molar-refractivity contribution in [2.75, 3.05) is 19.7 Å². The molecule has 0 radical (unpaired) electrons. The van der Waals surface area contributed by atoms with Gasteiger partial charge in [0.2, 0.25) is 11.8 Å². The fourth-order valence-corrected chi connectivity index (χ4v) is 5.69. The molecule has 2 unspecified atom stereocenters. The minimum Gasteiger partial charge on any atom is -0.489 e. The predicted molar refractivity (Wildman–Crippen MR) is 121 cm³/mol. The van der Waals surface area contributed by atoms with Gasteiger partial charge in [0.1, 0.15) is 17.9 Å². The summed E-state index contributed by atoms with van der Waals surface area (Å²) in [6.07, 6.45) is 6.87. The quantitative estimate of drug-likeness (QED) is 0.523. The van der Waals surface area contributed by atoms with Gasteiger partial charge >= 0.3 is 0 Å². The normalized spacial score (nSPS) is 28.8. The molecule has 1 N–H and O–H groups in total. The van der Waals surface area contributed by atoms with Crippen LogP contribution in [0.5, 0.6) is 5.75 Å². The average Bonchev–Trinajstić information content (AvgIpc) is 2.92. The molecule has 178 valence electrons. The molecule has 1 saturated carbocycles. The minimum absolute atomic E-state index is 0.122. The van der Waals surface area contributed by atoms with Gasteiger partial charge in [-0.25, -0.2) is 0 Å². The van der Waals surface area contributed by atoms with Crippen LogP contribution in [0.4, 0.5) is 0 Å². The second-order valence-electron chi connectivity index (χ2n) is 9.61. The Hall–Kier alpha value is -2.45. The van der Waals surface area contributed by atoms with Crippen molar-refractivity contribution in [2.24, 2.45) is 0 Å². The first-order valence-corrected chi connectivity index (χ1v) is 12.3. The second-order valence-corrected chi connectivity index (χ2v) is 9.61. The molecule has 8 heteroatoms. The molecule has 1 aliphatic carbocycles. The van der Waals surface area contributed by atoms with Gasteiger partial charge in [0.15, 0.2) is 0 Å².